The highest BCUT2D eigenvalue weighted by atomic mass is 32.2. The summed E-state index contributed by atoms with van der Waals surface area (Å²) in [6.45, 7) is 0.114. The molecule has 3 rings (SSSR count). The zero-order chi connectivity index (χ0) is 26.8. The van der Waals surface area contributed by atoms with Crippen LogP contribution in [-0.2, 0) is 19.6 Å². The second kappa shape index (κ2) is 12.8. The molecule has 0 aliphatic rings. The Morgan fingerprint density at radius 2 is 1.62 bits per heavy atom. The van der Waals surface area contributed by atoms with Crippen LogP contribution >= 0.6 is 0 Å². The predicted octanol–water partition coefficient (Wildman–Crippen LogP) is 3.43. The van der Waals surface area contributed by atoms with Gasteiger partial charge >= 0.3 is 0 Å². The topological polar surface area (TPSA) is 114 Å². The number of hydrogen-bond acceptors (Lipinski definition) is 6. The van der Waals surface area contributed by atoms with Gasteiger partial charge in [-0.05, 0) is 55.0 Å². The Morgan fingerprint density at radius 3 is 2.30 bits per heavy atom. The molecule has 0 bridgehead atoms. The average molecular weight is 530 g/mol. The minimum atomic E-state index is -4.35. The first-order chi connectivity index (χ1) is 17.8. The van der Waals surface area contributed by atoms with Crippen LogP contribution in [-0.4, -0.2) is 54.1 Å². The van der Waals surface area contributed by atoms with Crippen LogP contribution in [0.25, 0.3) is 0 Å². The molecule has 2 N–H and O–H groups in total. The molecule has 0 saturated carbocycles. The molecule has 37 heavy (non-hydrogen) atoms. The highest BCUT2D eigenvalue weighted by molar-refractivity contribution is 7.92. The average Bonchev–Trinajstić information content (AvgIpc) is 2.90. The van der Waals surface area contributed by atoms with Gasteiger partial charge in [-0.25, -0.2) is 12.8 Å². The minimum Gasteiger partial charge on any atom is -0.497 e. The normalized spacial score (nSPS) is 11.0. The standard InChI is InChI=1S/C26H28FN3O6S/c1-35-17-7-16-28-26(32)21-8-3-5-10-23(21)29-25(31)18-30(24-11-6-4-9-22(24)27)37(33,34)20-14-12-19(36-2)13-15-20/h3-6,8-15H,7,16-18H2,1-2H3,(H,28,32)(H,29,31). The van der Waals surface area contributed by atoms with Crippen LogP contribution in [0.3, 0.4) is 0 Å². The molecule has 0 radical (unpaired) electrons. The van der Waals surface area contributed by atoms with Gasteiger partial charge in [-0.15, -0.1) is 0 Å². The molecule has 3 aromatic carbocycles. The van der Waals surface area contributed by atoms with Crippen molar-refractivity contribution in [3.63, 3.8) is 0 Å². The molecule has 196 valence electrons. The minimum absolute atomic E-state index is 0.153. The second-order valence-corrected chi connectivity index (χ2v) is 9.70. The first kappa shape index (κ1) is 27.6. The molecule has 2 amide bonds. The van der Waals surface area contributed by atoms with E-state index in [-0.39, 0.29) is 21.8 Å². The van der Waals surface area contributed by atoms with Gasteiger partial charge in [0.15, 0.2) is 0 Å². The SMILES string of the molecule is COCCCNC(=O)c1ccccc1NC(=O)CN(c1ccccc1F)S(=O)(=O)c1ccc(OC)cc1. The van der Waals surface area contributed by atoms with Gasteiger partial charge in [-0.1, -0.05) is 24.3 Å². The van der Waals surface area contributed by atoms with E-state index < -0.39 is 34.2 Å². The van der Waals surface area contributed by atoms with Crippen LogP contribution in [0, 0.1) is 5.82 Å². The number of carbonyl (C=O) groups excluding carboxylic acids is 2. The van der Waals surface area contributed by atoms with Crippen molar-refractivity contribution in [3.8, 4) is 5.75 Å². The van der Waals surface area contributed by atoms with Crippen LogP contribution < -0.4 is 19.7 Å². The number of hydrogen-bond donors (Lipinski definition) is 2. The summed E-state index contributed by atoms with van der Waals surface area (Å²) >= 11 is 0. The number of ether oxygens (including phenoxy) is 2. The monoisotopic (exact) mass is 529 g/mol. The predicted molar refractivity (Wildman–Crippen MR) is 138 cm³/mol. The fourth-order valence-corrected chi connectivity index (χ4v) is 4.88. The van der Waals surface area contributed by atoms with E-state index in [9.17, 15) is 22.4 Å². The third kappa shape index (κ3) is 7.05. The summed E-state index contributed by atoms with van der Waals surface area (Å²) in [5.74, 6) is -1.56. The van der Waals surface area contributed by atoms with E-state index >= 15 is 0 Å². The van der Waals surface area contributed by atoms with Crippen LogP contribution in [0.2, 0.25) is 0 Å². The van der Waals surface area contributed by atoms with E-state index in [0.717, 1.165) is 6.07 Å². The third-order valence-electron chi connectivity index (χ3n) is 5.31. The number of carbonyl (C=O) groups is 2. The van der Waals surface area contributed by atoms with Crippen molar-refractivity contribution in [1.82, 2.24) is 5.32 Å². The molecule has 0 aliphatic heterocycles. The lowest BCUT2D eigenvalue weighted by Crippen LogP contribution is -2.39. The van der Waals surface area contributed by atoms with Gasteiger partial charge in [-0.2, -0.15) is 0 Å². The Kier molecular flexibility index (Phi) is 9.58. The van der Waals surface area contributed by atoms with E-state index in [0.29, 0.717) is 29.6 Å². The first-order valence-corrected chi connectivity index (χ1v) is 12.8. The van der Waals surface area contributed by atoms with Crippen molar-refractivity contribution in [2.45, 2.75) is 11.3 Å². The first-order valence-electron chi connectivity index (χ1n) is 11.3. The summed E-state index contributed by atoms with van der Waals surface area (Å²) in [4.78, 5) is 25.5. The molecule has 0 aromatic heterocycles. The van der Waals surface area contributed by atoms with Crippen molar-refractivity contribution < 1.29 is 31.9 Å². The number of sulfonamides is 1. The smallest absolute Gasteiger partial charge is 0.264 e. The number of methoxy groups -OCH3 is 2. The second-order valence-electron chi connectivity index (χ2n) is 7.83. The van der Waals surface area contributed by atoms with Crippen LogP contribution in [0.15, 0.2) is 77.7 Å². The van der Waals surface area contributed by atoms with Crippen LogP contribution in [0.1, 0.15) is 16.8 Å². The summed E-state index contributed by atoms with van der Waals surface area (Å²) in [5.41, 5.74) is 0.0911. The molecule has 0 unspecified atom stereocenters. The fourth-order valence-electron chi connectivity index (χ4n) is 3.45. The summed E-state index contributed by atoms with van der Waals surface area (Å²) in [5, 5.41) is 5.32. The molecule has 0 heterocycles. The molecule has 11 heteroatoms. The van der Waals surface area contributed by atoms with Gasteiger partial charge in [0, 0.05) is 20.3 Å². The molecule has 3 aromatic rings. The van der Waals surface area contributed by atoms with E-state index in [1.807, 2.05) is 0 Å². The van der Waals surface area contributed by atoms with E-state index in [2.05, 4.69) is 10.6 Å². The van der Waals surface area contributed by atoms with E-state index in [1.54, 1.807) is 19.2 Å². The fraction of sp³-hybridized carbons (Fsp3) is 0.231. The summed E-state index contributed by atoms with van der Waals surface area (Å²) < 4.78 is 52.4. The van der Waals surface area contributed by atoms with Gasteiger partial charge in [0.2, 0.25) is 5.91 Å². The Bertz CT molecular complexity index is 1330. The zero-order valence-electron chi connectivity index (χ0n) is 20.4. The number of nitrogens with one attached hydrogen (secondary N) is 2. The van der Waals surface area contributed by atoms with Crippen molar-refractivity contribution >= 4 is 33.2 Å². The quantitative estimate of drug-likeness (QED) is 0.348. The maximum absolute atomic E-state index is 14.7. The lowest BCUT2D eigenvalue weighted by atomic mass is 10.1. The van der Waals surface area contributed by atoms with Crippen molar-refractivity contribution in [1.29, 1.82) is 0 Å². The van der Waals surface area contributed by atoms with E-state index in [1.165, 1.54) is 61.7 Å². The lowest BCUT2D eigenvalue weighted by Gasteiger charge is -2.24. The lowest BCUT2D eigenvalue weighted by molar-refractivity contribution is -0.114. The molecular formula is C26H28FN3O6S. The van der Waals surface area contributed by atoms with Gasteiger partial charge < -0.3 is 20.1 Å². The summed E-state index contributed by atoms with van der Waals surface area (Å²) in [7, 11) is -1.34. The Morgan fingerprint density at radius 1 is 0.946 bits per heavy atom. The summed E-state index contributed by atoms with van der Waals surface area (Å²) in [6, 6.07) is 17.1. The Balaban J connectivity index is 1.87. The molecule has 0 spiro atoms. The van der Waals surface area contributed by atoms with Gasteiger partial charge in [0.1, 0.15) is 18.1 Å². The maximum Gasteiger partial charge on any atom is 0.264 e. The van der Waals surface area contributed by atoms with Crippen molar-refractivity contribution in [2.24, 2.45) is 0 Å². The van der Waals surface area contributed by atoms with Gasteiger partial charge in [0.25, 0.3) is 15.9 Å². The highest BCUT2D eigenvalue weighted by Gasteiger charge is 2.29. The molecule has 0 aliphatic carbocycles. The number of amides is 2. The number of rotatable bonds is 12. The van der Waals surface area contributed by atoms with Crippen LogP contribution in [0.4, 0.5) is 15.8 Å². The van der Waals surface area contributed by atoms with Crippen molar-refractivity contribution in [2.75, 3.05) is 43.5 Å². The number of benzene rings is 3. The highest BCUT2D eigenvalue weighted by Crippen LogP contribution is 2.27. The van der Waals surface area contributed by atoms with E-state index in [4.69, 9.17) is 9.47 Å². The molecular weight excluding hydrogens is 501 g/mol. The number of halogens is 1. The molecule has 9 nitrogen and oxygen atoms in total. The third-order valence-corrected chi connectivity index (χ3v) is 7.09. The zero-order valence-corrected chi connectivity index (χ0v) is 21.3. The molecule has 0 fully saturated rings. The van der Waals surface area contributed by atoms with Gasteiger partial charge in [-0.3, -0.25) is 13.9 Å². The maximum atomic E-state index is 14.7. The molecule has 0 saturated heterocycles. The largest absolute Gasteiger partial charge is 0.497 e. The number of anilines is 2. The Labute approximate surface area is 215 Å². The summed E-state index contributed by atoms with van der Waals surface area (Å²) in [6.07, 6.45) is 0.609. The van der Waals surface area contributed by atoms with Crippen molar-refractivity contribution in [3.05, 3.63) is 84.2 Å². The molecule has 0 atom stereocenters. The Hall–Kier alpha value is -3.96. The number of para-hydroxylation sites is 2. The van der Waals surface area contributed by atoms with Crippen LogP contribution in [0.5, 0.6) is 5.75 Å². The van der Waals surface area contributed by atoms with Gasteiger partial charge in [0.05, 0.1) is 28.9 Å². The number of nitrogens with zero attached hydrogens (tertiary/aromatic N) is 1.